The number of nitrogens with one attached hydrogen (secondary N) is 1. The van der Waals surface area contributed by atoms with E-state index in [2.05, 4.69) is 11.4 Å². The molecule has 0 radical (unpaired) electrons. The molecule has 1 saturated carbocycles. The first kappa shape index (κ1) is 13.0. The molecule has 2 unspecified atom stereocenters. The molecule has 0 heterocycles. The van der Waals surface area contributed by atoms with E-state index in [1.54, 1.807) is 12.1 Å². The molecule has 0 saturated heterocycles. The summed E-state index contributed by atoms with van der Waals surface area (Å²) in [4.78, 5) is 0. The zero-order valence-corrected chi connectivity index (χ0v) is 10.7. The number of hydrogen-bond donors (Lipinski definition) is 1. The average Bonchev–Trinajstić information content (AvgIpc) is 2.39. The van der Waals surface area contributed by atoms with Crippen molar-refractivity contribution < 1.29 is 4.39 Å². The van der Waals surface area contributed by atoms with Gasteiger partial charge in [0.25, 0.3) is 0 Å². The van der Waals surface area contributed by atoms with Gasteiger partial charge in [0.05, 0.1) is 12.0 Å². The Bertz CT molecular complexity index is 438. The van der Waals surface area contributed by atoms with E-state index in [1.807, 2.05) is 13.0 Å². The van der Waals surface area contributed by atoms with E-state index in [9.17, 15) is 4.39 Å². The fourth-order valence-electron chi connectivity index (χ4n) is 2.68. The van der Waals surface area contributed by atoms with E-state index in [0.717, 1.165) is 24.8 Å². The predicted molar refractivity (Wildman–Crippen MR) is 69.3 cm³/mol. The maximum absolute atomic E-state index is 13.2. The zero-order chi connectivity index (χ0) is 13.0. The highest BCUT2D eigenvalue weighted by Gasteiger charge is 2.26. The first-order valence-corrected chi connectivity index (χ1v) is 6.62. The molecule has 0 bridgehead atoms. The van der Waals surface area contributed by atoms with Crippen molar-refractivity contribution in [2.45, 2.75) is 44.7 Å². The first-order valence-electron chi connectivity index (χ1n) is 6.62. The van der Waals surface area contributed by atoms with Gasteiger partial charge in [0, 0.05) is 12.1 Å². The van der Waals surface area contributed by atoms with Crippen LogP contribution in [-0.2, 0) is 0 Å². The molecule has 1 fully saturated rings. The topological polar surface area (TPSA) is 35.8 Å². The summed E-state index contributed by atoms with van der Waals surface area (Å²) in [6, 6.07) is 9.37. The van der Waals surface area contributed by atoms with E-state index >= 15 is 0 Å². The maximum atomic E-state index is 13.2. The number of nitrogens with zero attached hydrogens (tertiary/aromatic N) is 1. The van der Waals surface area contributed by atoms with Gasteiger partial charge in [0.2, 0.25) is 0 Å². The molecule has 0 aromatic heterocycles. The molecular weight excluding hydrogens is 227 g/mol. The quantitative estimate of drug-likeness (QED) is 0.885. The van der Waals surface area contributed by atoms with Crippen molar-refractivity contribution in [3.8, 4) is 6.07 Å². The summed E-state index contributed by atoms with van der Waals surface area (Å²) < 4.78 is 13.2. The number of nitriles is 1. The van der Waals surface area contributed by atoms with Crippen LogP contribution in [-0.4, -0.2) is 6.04 Å². The molecule has 0 amide bonds. The van der Waals surface area contributed by atoms with Crippen LogP contribution >= 0.6 is 0 Å². The fourth-order valence-corrected chi connectivity index (χ4v) is 2.68. The summed E-state index contributed by atoms with van der Waals surface area (Å²) >= 11 is 0. The monoisotopic (exact) mass is 246 g/mol. The lowest BCUT2D eigenvalue weighted by atomic mass is 9.85. The molecular formula is C15H19FN2. The third-order valence-electron chi connectivity index (χ3n) is 3.74. The van der Waals surface area contributed by atoms with Gasteiger partial charge >= 0.3 is 0 Å². The highest BCUT2D eigenvalue weighted by atomic mass is 19.1. The molecule has 1 aliphatic rings. The highest BCUT2D eigenvalue weighted by molar-refractivity contribution is 5.19. The first-order chi connectivity index (χ1) is 8.70. The zero-order valence-electron chi connectivity index (χ0n) is 10.7. The lowest BCUT2D eigenvalue weighted by Crippen LogP contribution is -2.39. The summed E-state index contributed by atoms with van der Waals surface area (Å²) in [5.41, 5.74) is 0.942. The highest BCUT2D eigenvalue weighted by Crippen LogP contribution is 2.26. The molecule has 18 heavy (non-hydrogen) atoms. The van der Waals surface area contributed by atoms with Crippen molar-refractivity contribution in [3.63, 3.8) is 0 Å². The van der Waals surface area contributed by atoms with E-state index in [0.29, 0.717) is 0 Å². The van der Waals surface area contributed by atoms with E-state index in [-0.39, 0.29) is 23.8 Å². The van der Waals surface area contributed by atoms with E-state index in [4.69, 9.17) is 5.26 Å². The Labute approximate surface area is 108 Å². The fraction of sp³-hybridized carbons (Fsp3) is 0.533. The van der Waals surface area contributed by atoms with Crippen molar-refractivity contribution in [1.82, 2.24) is 5.32 Å². The van der Waals surface area contributed by atoms with Gasteiger partial charge < -0.3 is 5.32 Å². The minimum atomic E-state index is -0.207. The van der Waals surface area contributed by atoms with Crippen LogP contribution in [0.3, 0.4) is 0 Å². The normalized spacial score (nSPS) is 25.4. The Morgan fingerprint density at radius 1 is 1.39 bits per heavy atom. The van der Waals surface area contributed by atoms with Gasteiger partial charge in [-0.15, -0.1) is 0 Å². The SMILES string of the molecule is C[C@@H](NC1CCCCC1C#N)c1cccc(F)c1. The minimum absolute atomic E-state index is 0.0830. The Hall–Kier alpha value is -1.40. The predicted octanol–water partition coefficient (Wildman–Crippen LogP) is 3.56. The van der Waals surface area contributed by atoms with Crippen LogP contribution in [0.2, 0.25) is 0 Å². The lowest BCUT2D eigenvalue weighted by Gasteiger charge is -2.30. The van der Waals surface area contributed by atoms with E-state index < -0.39 is 0 Å². The molecule has 0 aliphatic heterocycles. The molecule has 1 aromatic rings. The Morgan fingerprint density at radius 3 is 2.89 bits per heavy atom. The number of halogens is 1. The number of rotatable bonds is 3. The van der Waals surface area contributed by atoms with Gasteiger partial charge in [-0.3, -0.25) is 0 Å². The maximum Gasteiger partial charge on any atom is 0.123 e. The number of hydrogen-bond acceptors (Lipinski definition) is 2. The summed E-state index contributed by atoms with van der Waals surface area (Å²) in [6.07, 6.45) is 4.33. The van der Waals surface area contributed by atoms with Crippen LogP contribution in [0.4, 0.5) is 4.39 Å². The van der Waals surface area contributed by atoms with Gasteiger partial charge in [-0.2, -0.15) is 5.26 Å². The molecule has 3 heteroatoms. The summed E-state index contributed by atoms with van der Waals surface area (Å²) in [5, 5.41) is 12.6. The van der Waals surface area contributed by atoms with Gasteiger partial charge in [-0.25, -0.2) is 4.39 Å². The van der Waals surface area contributed by atoms with Crippen molar-refractivity contribution in [2.75, 3.05) is 0 Å². The summed E-state index contributed by atoms with van der Waals surface area (Å²) in [5.74, 6) is -0.114. The summed E-state index contributed by atoms with van der Waals surface area (Å²) in [6.45, 7) is 2.03. The average molecular weight is 246 g/mol. The van der Waals surface area contributed by atoms with Crippen LogP contribution < -0.4 is 5.32 Å². The third kappa shape index (κ3) is 3.08. The Morgan fingerprint density at radius 2 is 2.17 bits per heavy atom. The Kier molecular flexibility index (Phi) is 4.33. The standard InChI is InChI=1S/C15H19FN2/c1-11(12-6-4-7-14(16)9-12)18-15-8-3-2-5-13(15)10-17/h4,6-7,9,11,13,15,18H,2-3,5,8H2,1H3/t11-,13?,15?/m1/s1. The van der Waals surface area contributed by atoms with Crippen molar-refractivity contribution in [1.29, 1.82) is 5.26 Å². The molecule has 3 atom stereocenters. The van der Waals surface area contributed by atoms with Gasteiger partial charge in [0.1, 0.15) is 5.82 Å². The second-order valence-corrected chi connectivity index (χ2v) is 5.07. The van der Waals surface area contributed by atoms with Crippen molar-refractivity contribution in [2.24, 2.45) is 5.92 Å². The van der Waals surface area contributed by atoms with Crippen LogP contribution in [0.5, 0.6) is 0 Å². The second kappa shape index (κ2) is 5.97. The molecule has 1 aromatic carbocycles. The molecule has 96 valence electrons. The lowest BCUT2D eigenvalue weighted by molar-refractivity contribution is 0.292. The van der Waals surface area contributed by atoms with Gasteiger partial charge in [-0.05, 0) is 37.5 Å². The van der Waals surface area contributed by atoms with E-state index in [1.165, 1.54) is 12.5 Å². The molecule has 1 N–H and O–H groups in total. The Balaban J connectivity index is 2.02. The minimum Gasteiger partial charge on any atom is -0.306 e. The van der Waals surface area contributed by atoms with Crippen LogP contribution in [0.15, 0.2) is 24.3 Å². The van der Waals surface area contributed by atoms with Crippen LogP contribution in [0.1, 0.15) is 44.2 Å². The molecule has 1 aliphatic carbocycles. The van der Waals surface area contributed by atoms with Crippen molar-refractivity contribution >= 4 is 0 Å². The van der Waals surface area contributed by atoms with Crippen LogP contribution in [0.25, 0.3) is 0 Å². The third-order valence-corrected chi connectivity index (χ3v) is 3.74. The molecule has 0 spiro atoms. The van der Waals surface area contributed by atoms with Crippen molar-refractivity contribution in [3.05, 3.63) is 35.6 Å². The van der Waals surface area contributed by atoms with Gasteiger partial charge in [-0.1, -0.05) is 25.0 Å². The smallest absolute Gasteiger partial charge is 0.123 e. The number of benzene rings is 1. The second-order valence-electron chi connectivity index (χ2n) is 5.07. The molecule has 2 nitrogen and oxygen atoms in total. The summed E-state index contributed by atoms with van der Waals surface area (Å²) in [7, 11) is 0. The van der Waals surface area contributed by atoms with Crippen LogP contribution in [0, 0.1) is 23.1 Å². The van der Waals surface area contributed by atoms with Gasteiger partial charge in [0.15, 0.2) is 0 Å². The molecule has 2 rings (SSSR count). The largest absolute Gasteiger partial charge is 0.306 e.